The number of fused-ring (bicyclic) bond motifs is 1. The standard InChI is InChI=1S/C19H12ClF3O5/c1-9(18(25)26)27-12-6-7-13-14(8-12)28-17(19(21,22)23)15(16(13)24)10-2-4-11(20)5-3-10/h2-9H,1H3,(H,25,26)/t9-/m1/s1. The average molecular weight is 413 g/mol. The quantitative estimate of drug-likeness (QED) is 0.653. The number of carboxylic acids is 1. The Bertz CT molecular complexity index is 1100. The van der Waals surface area contributed by atoms with E-state index in [1.165, 1.54) is 43.3 Å². The highest BCUT2D eigenvalue weighted by atomic mass is 35.5. The monoisotopic (exact) mass is 412 g/mol. The van der Waals surface area contributed by atoms with Gasteiger partial charge in [-0.25, -0.2) is 4.79 Å². The molecule has 1 N–H and O–H groups in total. The number of hydrogen-bond acceptors (Lipinski definition) is 4. The van der Waals surface area contributed by atoms with Crippen molar-refractivity contribution in [2.75, 3.05) is 0 Å². The molecule has 3 aromatic rings. The minimum absolute atomic E-state index is 0.00667. The molecule has 3 rings (SSSR count). The van der Waals surface area contributed by atoms with Crippen LogP contribution in [0.25, 0.3) is 22.1 Å². The molecule has 0 saturated heterocycles. The van der Waals surface area contributed by atoms with Crippen LogP contribution < -0.4 is 10.2 Å². The Labute approximate surface area is 160 Å². The van der Waals surface area contributed by atoms with Crippen LogP contribution in [0.15, 0.2) is 51.7 Å². The van der Waals surface area contributed by atoms with Crippen molar-refractivity contribution < 1.29 is 32.2 Å². The third kappa shape index (κ3) is 3.82. The van der Waals surface area contributed by atoms with Crippen LogP contribution in [0.2, 0.25) is 5.02 Å². The molecule has 146 valence electrons. The van der Waals surface area contributed by atoms with Gasteiger partial charge >= 0.3 is 12.1 Å². The third-order valence-electron chi connectivity index (χ3n) is 3.91. The highest BCUT2D eigenvalue weighted by Gasteiger charge is 2.39. The van der Waals surface area contributed by atoms with Crippen LogP contribution in [-0.4, -0.2) is 17.2 Å². The number of ether oxygens (including phenoxy) is 1. The maximum Gasteiger partial charge on any atom is 0.450 e. The van der Waals surface area contributed by atoms with E-state index in [-0.39, 0.29) is 22.3 Å². The van der Waals surface area contributed by atoms with Crippen LogP contribution in [0.1, 0.15) is 12.7 Å². The van der Waals surface area contributed by atoms with Gasteiger partial charge in [0.05, 0.1) is 10.9 Å². The molecule has 0 fully saturated rings. The molecule has 28 heavy (non-hydrogen) atoms. The number of alkyl halides is 3. The molecule has 1 heterocycles. The van der Waals surface area contributed by atoms with Crippen LogP contribution in [-0.2, 0) is 11.0 Å². The summed E-state index contributed by atoms with van der Waals surface area (Å²) in [6.45, 7) is 1.26. The zero-order chi connectivity index (χ0) is 20.6. The zero-order valence-electron chi connectivity index (χ0n) is 14.2. The molecule has 0 bridgehead atoms. The van der Waals surface area contributed by atoms with Gasteiger partial charge < -0.3 is 14.3 Å². The van der Waals surface area contributed by atoms with Crippen molar-refractivity contribution in [3.05, 3.63) is 63.5 Å². The van der Waals surface area contributed by atoms with Gasteiger partial charge in [-0.05, 0) is 36.8 Å². The Morgan fingerprint density at radius 2 is 1.82 bits per heavy atom. The maximum atomic E-state index is 13.6. The minimum Gasteiger partial charge on any atom is -0.479 e. The summed E-state index contributed by atoms with van der Waals surface area (Å²) in [6.07, 6.45) is -6.17. The van der Waals surface area contributed by atoms with Gasteiger partial charge in [-0.1, -0.05) is 23.7 Å². The van der Waals surface area contributed by atoms with E-state index >= 15 is 0 Å². The lowest BCUT2D eigenvalue weighted by atomic mass is 10.0. The Hall–Kier alpha value is -3.00. The van der Waals surface area contributed by atoms with Crippen molar-refractivity contribution in [2.45, 2.75) is 19.2 Å². The molecule has 0 unspecified atom stereocenters. The van der Waals surface area contributed by atoms with Crippen LogP contribution in [0.4, 0.5) is 13.2 Å². The molecule has 1 aromatic heterocycles. The largest absolute Gasteiger partial charge is 0.479 e. The van der Waals surface area contributed by atoms with E-state index in [1.807, 2.05) is 0 Å². The SMILES string of the molecule is C[C@@H](Oc1ccc2c(=O)c(-c3ccc(Cl)cc3)c(C(F)(F)F)oc2c1)C(=O)O. The molecule has 0 aliphatic rings. The van der Waals surface area contributed by atoms with Gasteiger partial charge in [0.2, 0.25) is 11.2 Å². The summed E-state index contributed by atoms with van der Waals surface area (Å²) in [5, 5.41) is 9.08. The minimum atomic E-state index is -4.94. The average Bonchev–Trinajstić information content (AvgIpc) is 2.61. The Morgan fingerprint density at radius 1 is 1.18 bits per heavy atom. The second-order valence-electron chi connectivity index (χ2n) is 5.90. The fourth-order valence-electron chi connectivity index (χ4n) is 2.58. The lowest BCUT2D eigenvalue weighted by molar-refractivity contribution is -0.152. The van der Waals surface area contributed by atoms with Crippen molar-refractivity contribution in [3.8, 4) is 16.9 Å². The van der Waals surface area contributed by atoms with E-state index in [1.54, 1.807) is 0 Å². The van der Waals surface area contributed by atoms with Crippen molar-refractivity contribution in [2.24, 2.45) is 0 Å². The molecule has 9 heteroatoms. The van der Waals surface area contributed by atoms with Gasteiger partial charge in [-0.3, -0.25) is 4.79 Å². The molecule has 1 atom stereocenters. The van der Waals surface area contributed by atoms with Gasteiger partial charge in [0.15, 0.2) is 6.10 Å². The third-order valence-corrected chi connectivity index (χ3v) is 4.17. The number of benzene rings is 2. The van der Waals surface area contributed by atoms with Gasteiger partial charge in [-0.2, -0.15) is 13.2 Å². The first kappa shape index (κ1) is 19.8. The molecular weight excluding hydrogens is 401 g/mol. The van der Waals surface area contributed by atoms with Crippen LogP contribution in [0.5, 0.6) is 5.75 Å². The van der Waals surface area contributed by atoms with Gasteiger partial charge in [-0.15, -0.1) is 0 Å². The molecule has 5 nitrogen and oxygen atoms in total. The normalized spacial score (nSPS) is 12.8. The number of halogens is 4. The molecule has 2 aromatic carbocycles. The fraction of sp³-hybridized carbons (Fsp3) is 0.158. The van der Waals surface area contributed by atoms with Gasteiger partial charge in [0.1, 0.15) is 11.3 Å². The smallest absolute Gasteiger partial charge is 0.450 e. The highest BCUT2D eigenvalue weighted by Crippen LogP contribution is 2.38. The molecule has 0 amide bonds. The van der Waals surface area contributed by atoms with Crippen molar-refractivity contribution in [1.29, 1.82) is 0 Å². The van der Waals surface area contributed by atoms with E-state index in [4.69, 9.17) is 25.9 Å². The van der Waals surface area contributed by atoms with Gasteiger partial charge in [0, 0.05) is 11.1 Å². The number of aliphatic carboxylic acids is 1. The summed E-state index contributed by atoms with van der Waals surface area (Å²) in [5.41, 5.74) is -1.88. The van der Waals surface area contributed by atoms with Crippen molar-refractivity contribution in [3.63, 3.8) is 0 Å². The number of hydrogen-bond donors (Lipinski definition) is 1. The summed E-state index contributed by atoms with van der Waals surface area (Å²) < 4.78 is 50.9. The van der Waals surface area contributed by atoms with Crippen LogP contribution >= 0.6 is 11.6 Å². The number of carboxylic acid groups (broad SMARTS) is 1. The Morgan fingerprint density at radius 3 is 2.39 bits per heavy atom. The van der Waals surface area contributed by atoms with Crippen LogP contribution in [0, 0.1) is 0 Å². The summed E-state index contributed by atoms with van der Waals surface area (Å²) in [7, 11) is 0. The maximum absolute atomic E-state index is 13.6. The zero-order valence-corrected chi connectivity index (χ0v) is 15.0. The van der Waals surface area contributed by atoms with E-state index in [0.29, 0.717) is 5.02 Å². The first-order valence-electron chi connectivity index (χ1n) is 7.91. The molecular formula is C19H12ClF3O5. The Kier molecular flexibility index (Phi) is 5.08. The molecule has 0 aliphatic carbocycles. The predicted molar refractivity (Wildman–Crippen MR) is 95.7 cm³/mol. The topological polar surface area (TPSA) is 76.7 Å². The number of carbonyl (C=O) groups is 1. The molecule has 0 spiro atoms. The predicted octanol–water partition coefficient (Wildman–Crippen LogP) is 4.98. The summed E-state index contributed by atoms with van der Waals surface area (Å²) in [6, 6.07) is 8.89. The Balaban J connectivity index is 2.24. The van der Waals surface area contributed by atoms with E-state index in [0.717, 1.165) is 6.07 Å². The van der Waals surface area contributed by atoms with E-state index in [2.05, 4.69) is 0 Å². The van der Waals surface area contributed by atoms with Crippen LogP contribution in [0.3, 0.4) is 0 Å². The fourth-order valence-corrected chi connectivity index (χ4v) is 2.71. The second kappa shape index (κ2) is 7.20. The van der Waals surface area contributed by atoms with E-state index < -0.39 is 35.0 Å². The van der Waals surface area contributed by atoms with Crippen molar-refractivity contribution >= 4 is 28.5 Å². The lowest BCUT2D eigenvalue weighted by Crippen LogP contribution is -2.23. The summed E-state index contributed by atoms with van der Waals surface area (Å²) in [4.78, 5) is 23.7. The van der Waals surface area contributed by atoms with Crippen molar-refractivity contribution in [1.82, 2.24) is 0 Å². The molecule has 0 saturated carbocycles. The van der Waals surface area contributed by atoms with Gasteiger partial charge in [0.25, 0.3) is 0 Å². The number of rotatable bonds is 4. The second-order valence-corrected chi connectivity index (χ2v) is 6.33. The molecule has 0 aliphatic heterocycles. The first-order valence-corrected chi connectivity index (χ1v) is 8.29. The van der Waals surface area contributed by atoms with E-state index in [9.17, 15) is 22.8 Å². The highest BCUT2D eigenvalue weighted by molar-refractivity contribution is 6.30. The molecule has 0 radical (unpaired) electrons. The summed E-state index contributed by atoms with van der Waals surface area (Å²) >= 11 is 5.77. The first-order chi connectivity index (χ1) is 13.1. The summed E-state index contributed by atoms with van der Waals surface area (Å²) in [5.74, 6) is -2.76. The lowest BCUT2D eigenvalue weighted by Gasteiger charge is -2.14.